The van der Waals surface area contributed by atoms with E-state index in [1.807, 2.05) is 36.4 Å². The van der Waals surface area contributed by atoms with Gasteiger partial charge in [0.2, 0.25) is 0 Å². The standard InChI is InChI=1S/C44H38N4O/c1-31-7-15-39(16-8-31)47-23-3-5-35-25-33(13-21-43(35)47)11-19-41-27-37(38(29-45)30-46)28-42(49-41)20-12-34-14-22-44-36(26-34)6-4-24-48(44)40-17-9-32(2)10-18-40/h7-22,25-28H,3-6,23-24H2,1-2H3/b19-11+,20-12+. The predicted octanol–water partition coefficient (Wildman–Crippen LogP) is 10.3. The second-order valence-electron chi connectivity index (χ2n) is 12.9. The Morgan fingerprint density at radius 2 is 1.06 bits per heavy atom. The molecule has 3 aliphatic heterocycles. The first kappa shape index (κ1) is 31.6. The molecule has 0 saturated heterocycles. The van der Waals surface area contributed by atoms with Crippen LogP contribution >= 0.6 is 0 Å². The maximum absolute atomic E-state index is 9.65. The highest BCUT2D eigenvalue weighted by Crippen LogP contribution is 2.36. The number of fused-ring (bicyclic) bond motifs is 2. The molecule has 0 radical (unpaired) electrons. The van der Waals surface area contributed by atoms with Gasteiger partial charge in [-0.3, -0.25) is 0 Å². The van der Waals surface area contributed by atoms with Crippen LogP contribution in [0, 0.1) is 36.5 Å². The Labute approximate surface area is 289 Å². The molecule has 3 heterocycles. The van der Waals surface area contributed by atoms with Gasteiger partial charge in [-0.05, 0) is 135 Å². The van der Waals surface area contributed by atoms with Gasteiger partial charge in [0.15, 0.2) is 0 Å². The summed E-state index contributed by atoms with van der Waals surface area (Å²) in [5.41, 5.74) is 12.8. The molecular weight excluding hydrogens is 601 g/mol. The van der Waals surface area contributed by atoms with Crippen LogP contribution in [0.25, 0.3) is 12.2 Å². The van der Waals surface area contributed by atoms with Crippen molar-refractivity contribution in [3.63, 3.8) is 0 Å². The summed E-state index contributed by atoms with van der Waals surface area (Å²) in [6.07, 6.45) is 15.6. The fourth-order valence-corrected chi connectivity index (χ4v) is 6.79. The number of allylic oxidation sites excluding steroid dienone is 6. The van der Waals surface area contributed by atoms with E-state index in [0.717, 1.165) is 49.9 Å². The molecule has 0 atom stereocenters. The molecule has 0 spiro atoms. The van der Waals surface area contributed by atoms with E-state index in [1.165, 1.54) is 45.0 Å². The van der Waals surface area contributed by atoms with E-state index in [2.05, 4.69) is 109 Å². The highest BCUT2D eigenvalue weighted by atomic mass is 16.5. The average molecular weight is 639 g/mol. The summed E-state index contributed by atoms with van der Waals surface area (Å²) in [5.74, 6) is 1.14. The zero-order valence-electron chi connectivity index (χ0n) is 28.0. The molecule has 3 aliphatic rings. The van der Waals surface area contributed by atoms with Crippen LogP contribution in [0.15, 0.2) is 132 Å². The number of nitriles is 2. The van der Waals surface area contributed by atoms with E-state index >= 15 is 0 Å². The second kappa shape index (κ2) is 14.0. The van der Waals surface area contributed by atoms with Crippen molar-refractivity contribution in [2.45, 2.75) is 39.5 Å². The van der Waals surface area contributed by atoms with Crippen LogP contribution in [0.1, 0.15) is 46.2 Å². The minimum Gasteiger partial charge on any atom is -0.457 e. The molecule has 0 amide bonds. The van der Waals surface area contributed by atoms with Crippen LogP contribution < -0.4 is 9.80 Å². The van der Waals surface area contributed by atoms with Gasteiger partial charge >= 0.3 is 0 Å². The number of hydrogen-bond acceptors (Lipinski definition) is 5. The van der Waals surface area contributed by atoms with Crippen molar-refractivity contribution in [2.24, 2.45) is 0 Å². The molecule has 7 rings (SSSR count). The zero-order chi connectivity index (χ0) is 33.7. The summed E-state index contributed by atoms with van der Waals surface area (Å²) in [6.45, 7) is 6.23. The number of nitrogens with zero attached hydrogens (tertiary/aromatic N) is 4. The molecular formula is C44H38N4O. The normalized spacial score (nSPS) is 15.6. The largest absolute Gasteiger partial charge is 0.457 e. The van der Waals surface area contributed by atoms with Gasteiger partial charge in [-0.2, -0.15) is 10.5 Å². The number of ether oxygens (including phenoxy) is 1. The Balaban J connectivity index is 1.11. The first-order valence-corrected chi connectivity index (χ1v) is 16.9. The molecule has 0 N–H and O–H groups in total. The van der Waals surface area contributed by atoms with Crippen molar-refractivity contribution in [3.05, 3.63) is 165 Å². The van der Waals surface area contributed by atoms with Crippen molar-refractivity contribution in [3.8, 4) is 12.1 Å². The lowest BCUT2D eigenvalue weighted by Gasteiger charge is -2.31. The molecule has 0 aromatic heterocycles. The zero-order valence-corrected chi connectivity index (χ0v) is 28.0. The first-order valence-electron chi connectivity index (χ1n) is 16.9. The lowest BCUT2D eigenvalue weighted by Crippen LogP contribution is -2.24. The van der Waals surface area contributed by atoms with Crippen LogP contribution in [-0.2, 0) is 17.6 Å². The maximum atomic E-state index is 9.65. The third-order valence-corrected chi connectivity index (χ3v) is 9.36. The van der Waals surface area contributed by atoms with Gasteiger partial charge in [0.25, 0.3) is 0 Å². The lowest BCUT2D eigenvalue weighted by atomic mass is 9.98. The highest BCUT2D eigenvalue weighted by Gasteiger charge is 2.20. The molecule has 0 saturated carbocycles. The number of anilines is 4. The molecule has 4 aromatic rings. The second-order valence-corrected chi connectivity index (χ2v) is 12.9. The first-order chi connectivity index (χ1) is 24.0. The molecule has 0 unspecified atom stereocenters. The third-order valence-electron chi connectivity index (χ3n) is 9.36. The van der Waals surface area contributed by atoms with E-state index in [-0.39, 0.29) is 5.57 Å². The Hall–Kier alpha value is -6.04. The minimum atomic E-state index is 0.0510. The summed E-state index contributed by atoms with van der Waals surface area (Å²) >= 11 is 0. The van der Waals surface area contributed by atoms with Crippen molar-refractivity contribution >= 4 is 34.9 Å². The van der Waals surface area contributed by atoms with Crippen molar-refractivity contribution in [2.75, 3.05) is 22.9 Å². The number of rotatable bonds is 6. The van der Waals surface area contributed by atoms with E-state index in [0.29, 0.717) is 17.1 Å². The highest BCUT2D eigenvalue weighted by molar-refractivity contribution is 5.72. The fourth-order valence-electron chi connectivity index (χ4n) is 6.79. The Morgan fingerprint density at radius 3 is 1.49 bits per heavy atom. The monoisotopic (exact) mass is 638 g/mol. The third kappa shape index (κ3) is 6.98. The van der Waals surface area contributed by atoms with Gasteiger partial charge in [-0.25, -0.2) is 0 Å². The molecule has 240 valence electrons. The number of benzene rings is 4. The smallest absolute Gasteiger partial charge is 0.137 e. The topological polar surface area (TPSA) is 63.3 Å². The Morgan fingerprint density at radius 1 is 0.612 bits per heavy atom. The number of hydrogen-bond donors (Lipinski definition) is 0. The summed E-state index contributed by atoms with van der Waals surface area (Å²) in [6, 6.07) is 34.6. The van der Waals surface area contributed by atoms with Crippen LogP contribution in [-0.4, -0.2) is 13.1 Å². The van der Waals surface area contributed by atoms with Crippen molar-refractivity contribution < 1.29 is 4.74 Å². The van der Waals surface area contributed by atoms with Crippen LogP contribution in [0.2, 0.25) is 0 Å². The molecule has 49 heavy (non-hydrogen) atoms. The van der Waals surface area contributed by atoms with E-state index in [9.17, 15) is 10.5 Å². The van der Waals surface area contributed by atoms with Gasteiger partial charge in [-0.15, -0.1) is 0 Å². The Kier molecular flexibility index (Phi) is 9.00. The molecule has 4 aromatic carbocycles. The van der Waals surface area contributed by atoms with Gasteiger partial charge in [0, 0.05) is 41.4 Å². The summed E-state index contributed by atoms with van der Waals surface area (Å²) in [7, 11) is 0. The summed E-state index contributed by atoms with van der Waals surface area (Å²) in [4.78, 5) is 4.79. The predicted molar refractivity (Wildman–Crippen MR) is 199 cm³/mol. The SMILES string of the molecule is Cc1ccc(N2CCCc3cc(/C=C/C4=CC(=C(C#N)C#N)C=C(/C=C/c5ccc6c(c5)CCCN6c5ccc(C)cc5)O4)ccc32)cc1. The quantitative estimate of drug-likeness (QED) is 0.197. The summed E-state index contributed by atoms with van der Waals surface area (Å²) in [5, 5.41) is 19.3. The Bertz CT molecular complexity index is 1980. The fraction of sp³-hybridized carbons (Fsp3) is 0.182. The van der Waals surface area contributed by atoms with Crippen molar-refractivity contribution in [1.29, 1.82) is 10.5 Å². The van der Waals surface area contributed by atoms with Gasteiger partial charge in [0.05, 0.1) is 0 Å². The molecule has 5 heteroatoms. The maximum Gasteiger partial charge on any atom is 0.137 e. The van der Waals surface area contributed by atoms with Gasteiger partial charge < -0.3 is 14.5 Å². The lowest BCUT2D eigenvalue weighted by molar-refractivity contribution is 0.332. The van der Waals surface area contributed by atoms with Gasteiger partial charge in [-0.1, -0.05) is 59.7 Å². The van der Waals surface area contributed by atoms with E-state index in [1.54, 1.807) is 12.2 Å². The van der Waals surface area contributed by atoms with Crippen LogP contribution in [0.3, 0.4) is 0 Å². The van der Waals surface area contributed by atoms with Crippen LogP contribution in [0.5, 0.6) is 0 Å². The van der Waals surface area contributed by atoms with Crippen molar-refractivity contribution in [1.82, 2.24) is 0 Å². The minimum absolute atomic E-state index is 0.0510. The summed E-state index contributed by atoms with van der Waals surface area (Å²) < 4.78 is 6.27. The molecule has 0 bridgehead atoms. The molecule has 0 aliphatic carbocycles. The molecule has 5 nitrogen and oxygen atoms in total. The van der Waals surface area contributed by atoms with E-state index < -0.39 is 0 Å². The van der Waals surface area contributed by atoms with Crippen LogP contribution in [0.4, 0.5) is 22.7 Å². The van der Waals surface area contributed by atoms with Gasteiger partial charge in [0.1, 0.15) is 29.2 Å². The average Bonchev–Trinajstić information content (AvgIpc) is 3.13. The molecule has 0 fully saturated rings. The number of aryl methyl sites for hydroxylation is 4. The van der Waals surface area contributed by atoms with E-state index in [4.69, 9.17) is 4.74 Å².